The summed E-state index contributed by atoms with van der Waals surface area (Å²) in [6, 6.07) is 24.7. The van der Waals surface area contributed by atoms with Crippen molar-refractivity contribution in [2.24, 2.45) is 0 Å². The molecule has 6 rings (SSSR count). The van der Waals surface area contributed by atoms with Gasteiger partial charge in [-0.05, 0) is 48.6 Å². The number of aromatic nitrogens is 3. The van der Waals surface area contributed by atoms with Gasteiger partial charge in [0.2, 0.25) is 11.1 Å². The van der Waals surface area contributed by atoms with Crippen LogP contribution < -0.4 is 14.8 Å². The molecule has 0 bridgehead atoms. The van der Waals surface area contributed by atoms with E-state index in [0.717, 1.165) is 50.6 Å². The number of hydrogen-bond donors (Lipinski definition) is 1. The molecule has 1 N–H and O–H groups in total. The minimum absolute atomic E-state index is 0.190. The molecule has 0 amide bonds. The first-order chi connectivity index (χ1) is 16.7. The zero-order chi connectivity index (χ0) is 23.2. The third kappa shape index (κ3) is 3.35. The molecule has 0 saturated heterocycles. The van der Waals surface area contributed by atoms with Gasteiger partial charge in [0, 0.05) is 11.1 Å². The summed E-state index contributed by atoms with van der Waals surface area (Å²) in [7, 11) is 1.68. The van der Waals surface area contributed by atoms with Crippen molar-refractivity contribution in [3.05, 3.63) is 101 Å². The molecule has 170 valence electrons. The van der Waals surface area contributed by atoms with E-state index >= 15 is 0 Å². The first-order valence-electron chi connectivity index (χ1n) is 11.1. The Bertz CT molecular complexity index is 1410. The summed E-state index contributed by atoms with van der Waals surface area (Å²) in [4.78, 5) is 4.76. The molecule has 2 aliphatic heterocycles. The van der Waals surface area contributed by atoms with Gasteiger partial charge in [0.05, 0.1) is 12.8 Å². The maximum atomic E-state index is 6.70. The van der Waals surface area contributed by atoms with Crippen LogP contribution in [0.25, 0.3) is 5.70 Å². The number of benzene rings is 3. The van der Waals surface area contributed by atoms with Crippen molar-refractivity contribution >= 4 is 23.4 Å². The van der Waals surface area contributed by atoms with Crippen LogP contribution in [0.15, 0.2) is 83.5 Å². The molecule has 7 heteroatoms. The van der Waals surface area contributed by atoms with Gasteiger partial charge in [-0.15, -0.1) is 5.10 Å². The summed E-state index contributed by atoms with van der Waals surface area (Å²) in [5.41, 5.74) is 6.56. The van der Waals surface area contributed by atoms with Crippen LogP contribution in [0.1, 0.15) is 34.4 Å². The Balaban J connectivity index is 1.62. The number of rotatable bonds is 4. The van der Waals surface area contributed by atoms with Crippen molar-refractivity contribution in [3.8, 4) is 11.5 Å². The van der Waals surface area contributed by atoms with Gasteiger partial charge in [-0.1, -0.05) is 65.9 Å². The molecule has 6 nitrogen and oxygen atoms in total. The number of methoxy groups -OCH3 is 1. The number of ether oxygens (including phenoxy) is 2. The first kappa shape index (κ1) is 20.9. The van der Waals surface area contributed by atoms with E-state index in [-0.39, 0.29) is 12.1 Å². The number of fused-ring (bicyclic) bond motifs is 3. The molecule has 0 aliphatic carbocycles. The van der Waals surface area contributed by atoms with Crippen molar-refractivity contribution in [2.45, 2.75) is 24.2 Å². The Hall–Kier alpha value is -3.71. The summed E-state index contributed by atoms with van der Waals surface area (Å²) < 4.78 is 14.1. The SMILES string of the molecule is COc1ccc([C@@H]2C3=C(Nc4nc(SC)nn42)c2ccccc2O[C@@H]3c2cccc(C)c2)cc1. The maximum Gasteiger partial charge on any atom is 0.227 e. The minimum Gasteiger partial charge on any atom is -0.497 e. The maximum absolute atomic E-state index is 6.70. The van der Waals surface area contributed by atoms with Gasteiger partial charge in [-0.3, -0.25) is 0 Å². The van der Waals surface area contributed by atoms with Crippen molar-refractivity contribution in [1.29, 1.82) is 0 Å². The Morgan fingerprint density at radius 1 is 1.00 bits per heavy atom. The highest BCUT2D eigenvalue weighted by Gasteiger charge is 2.41. The molecular weight excluding hydrogens is 444 g/mol. The van der Waals surface area contributed by atoms with Crippen LogP contribution in [0.5, 0.6) is 11.5 Å². The quantitative estimate of drug-likeness (QED) is 0.378. The Labute approximate surface area is 202 Å². The zero-order valence-corrected chi connectivity index (χ0v) is 20.0. The molecule has 1 aromatic heterocycles. The lowest BCUT2D eigenvalue weighted by atomic mass is 9.84. The van der Waals surface area contributed by atoms with Gasteiger partial charge in [-0.25, -0.2) is 4.68 Å². The minimum atomic E-state index is -0.278. The van der Waals surface area contributed by atoms with E-state index in [1.165, 1.54) is 17.3 Å². The predicted octanol–water partition coefficient (Wildman–Crippen LogP) is 5.88. The van der Waals surface area contributed by atoms with Gasteiger partial charge in [0.1, 0.15) is 23.6 Å². The summed E-state index contributed by atoms with van der Waals surface area (Å²) in [5.74, 6) is 2.39. The van der Waals surface area contributed by atoms with Gasteiger partial charge < -0.3 is 14.8 Å². The van der Waals surface area contributed by atoms with Gasteiger partial charge >= 0.3 is 0 Å². The molecule has 2 aliphatic rings. The van der Waals surface area contributed by atoms with E-state index in [0.29, 0.717) is 0 Å². The molecule has 0 unspecified atom stereocenters. The van der Waals surface area contributed by atoms with E-state index in [2.05, 4.69) is 54.7 Å². The smallest absolute Gasteiger partial charge is 0.227 e. The summed E-state index contributed by atoms with van der Waals surface area (Å²) in [6.07, 6.45) is 1.71. The molecule has 0 radical (unpaired) electrons. The number of anilines is 1. The fourth-order valence-corrected chi connectivity index (χ4v) is 5.11. The van der Waals surface area contributed by atoms with Crippen molar-refractivity contribution in [1.82, 2.24) is 14.8 Å². The zero-order valence-electron chi connectivity index (χ0n) is 19.1. The Kier molecular flexibility index (Phi) is 5.07. The van der Waals surface area contributed by atoms with E-state index in [9.17, 15) is 0 Å². The van der Waals surface area contributed by atoms with Crippen LogP contribution in [-0.2, 0) is 0 Å². The lowest BCUT2D eigenvalue weighted by Gasteiger charge is -2.39. The molecule has 0 fully saturated rings. The Morgan fingerprint density at radius 3 is 2.59 bits per heavy atom. The number of nitrogens with one attached hydrogen (secondary N) is 1. The van der Waals surface area contributed by atoms with Gasteiger partial charge in [0.25, 0.3) is 0 Å². The second-order valence-corrected chi connectivity index (χ2v) is 9.18. The van der Waals surface area contributed by atoms with E-state index in [1.807, 2.05) is 41.3 Å². The molecule has 0 spiro atoms. The number of para-hydroxylation sites is 1. The normalized spacial score (nSPS) is 18.3. The highest BCUT2D eigenvalue weighted by Crippen LogP contribution is 2.51. The lowest BCUT2D eigenvalue weighted by molar-refractivity contribution is 0.223. The third-order valence-electron chi connectivity index (χ3n) is 6.32. The fourth-order valence-electron chi connectivity index (χ4n) is 4.76. The second kappa shape index (κ2) is 8.25. The van der Waals surface area contributed by atoms with Gasteiger partial charge in [-0.2, -0.15) is 4.98 Å². The van der Waals surface area contributed by atoms with E-state index in [1.54, 1.807) is 7.11 Å². The number of nitrogens with zero attached hydrogens (tertiary/aromatic N) is 3. The Morgan fingerprint density at radius 2 is 1.82 bits per heavy atom. The van der Waals surface area contributed by atoms with Crippen LogP contribution in [0.3, 0.4) is 0 Å². The van der Waals surface area contributed by atoms with Crippen LogP contribution >= 0.6 is 11.8 Å². The first-order valence-corrected chi connectivity index (χ1v) is 12.4. The molecular formula is C27H24N4O2S. The lowest BCUT2D eigenvalue weighted by Crippen LogP contribution is -2.32. The standard InChI is InChI=1S/C27H24N4O2S/c1-16-7-6-8-18(15-16)25-22-23(20-9-4-5-10-21(20)33-25)28-26-29-27(34-3)30-31(26)24(22)17-11-13-19(32-2)14-12-17/h4-15,24-25H,1-3H3,(H,28,29,30)/t24-,25-/m1/s1. The molecule has 4 aromatic rings. The largest absolute Gasteiger partial charge is 0.497 e. The highest BCUT2D eigenvalue weighted by atomic mass is 32.2. The highest BCUT2D eigenvalue weighted by molar-refractivity contribution is 7.98. The van der Waals surface area contributed by atoms with Crippen LogP contribution in [0.4, 0.5) is 5.95 Å². The number of aryl methyl sites for hydroxylation is 1. The number of thioether (sulfide) groups is 1. The fraction of sp³-hybridized carbons (Fsp3) is 0.185. The van der Waals surface area contributed by atoms with Crippen molar-refractivity contribution in [3.63, 3.8) is 0 Å². The molecule has 2 atom stereocenters. The summed E-state index contributed by atoms with van der Waals surface area (Å²) in [6.45, 7) is 2.11. The van der Waals surface area contributed by atoms with E-state index < -0.39 is 0 Å². The summed E-state index contributed by atoms with van der Waals surface area (Å²) in [5, 5.41) is 9.17. The average molecular weight is 469 g/mol. The van der Waals surface area contributed by atoms with Crippen molar-refractivity contribution < 1.29 is 9.47 Å². The van der Waals surface area contributed by atoms with Gasteiger partial charge in [0.15, 0.2) is 0 Å². The van der Waals surface area contributed by atoms with Crippen LogP contribution in [-0.4, -0.2) is 28.1 Å². The van der Waals surface area contributed by atoms with E-state index in [4.69, 9.17) is 19.6 Å². The third-order valence-corrected chi connectivity index (χ3v) is 6.86. The molecule has 34 heavy (non-hydrogen) atoms. The molecule has 3 aromatic carbocycles. The van der Waals surface area contributed by atoms with Crippen LogP contribution in [0.2, 0.25) is 0 Å². The second-order valence-electron chi connectivity index (χ2n) is 8.41. The summed E-state index contributed by atoms with van der Waals surface area (Å²) >= 11 is 1.53. The molecule has 3 heterocycles. The van der Waals surface area contributed by atoms with Crippen LogP contribution in [0, 0.1) is 6.92 Å². The predicted molar refractivity (Wildman–Crippen MR) is 134 cm³/mol. The number of hydrogen-bond acceptors (Lipinski definition) is 6. The topological polar surface area (TPSA) is 61.2 Å². The van der Waals surface area contributed by atoms with Crippen molar-refractivity contribution in [2.75, 3.05) is 18.7 Å². The molecule has 0 saturated carbocycles. The monoisotopic (exact) mass is 468 g/mol. The average Bonchev–Trinajstić information content (AvgIpc) is 3.30.